The minimum absolute atomic E-state index is 1.39. The summed E-state index contributed by atoms with van der Waals surface area (Å²) in [7, 11) is -1.91. The molecular formula is C24H20AlF4P. The van der Waals surface area contributed by atoms with Crippen molar-refractivity contribution in [1.82, 2.24) is 0 Å². The standard InChI is InChI=1S/C24H20P.Al.4FH/c1-5-13-21(14-6-1)25(22-15-7-2-8-16-22,23-17-9-3-10-18-23)24-19-11-4-12-20-24;;;;;/h1-20H;;4*1H/q+1;+3;;;;/p-4. The SMILES string of the molecule is [F][Al-]([F])([F])[F].c1ccc([P+](c2ccccc2)(c2ccccc2)c2ccccc2)cc1. The highest BCUT2D eigenvalue weighted by Gasteiger charge is 2.47. The van der Waals surface area contributed by atoms with Crippen LogP contribution in [0.4, 0.5) is 14.1 Å². The Labute approximate surface area is 178 Å². The number of rotatable bonds is 4. The van der Waals surface area contributed by atoms with E-state index in [-0.39, 0.29) is 0 Å². The van der Waals surface area contributed by atoms with Gasteiger partial charge < -0.3 is 14.1 Å². The van der Waals surface area contributed by atoms with Crippen molar-refractivity contribution in [2.45, 2.75) is 0 Å². The number of benzene rings is 4. The largest absolute Gasteiger partial charge is 1.04 e. The second-order valence-corrected chi connectivity index (χ2v) is 10.9. The maximum atomic E-state index is 9.85. The molecule has 0 aliphatic rings. The van der Waals surface area contributed by atoms with Crippen molar-refractivity contribution in [1.29, 1.82) is 0 Å². The van der Waals surface area contributed by atoms with Crippen LogP contribution in [-0.2, 0) is 0 Å². The Balaban J connectivity index is 0.000000461. The van der Waals surface area contributed by atoms with Crippen molar-refractivity contribution in [3.63, 3.8) is 0 Å². The summed E-state index contributed by atoms with van der Waals surface area (Å²) in [4.78, 5) is 0. The van der Waals surface area contributed by atoms with E-state index in [0.29, 0.717) is 0 Å². The third kappa shape index (κ3) is 5.38. The summed E-state index contributed by atoms with van der Waals surface area (Å²) in [6.45, 7) is 0. The summed E-state index contributed by atoms with van der Waals surface area (Å²) in [5.74, 6) is 0. The van der Waals surface area contributed by atoms with Crippen LogP contribution in [0, 0.1) is 0 Å². The number of halogens is 4. The molecule has 0 unspecified atom stereocenters. The van der Waals surface area contributed by atoms with Gasteiger partial charge in [-0.3, -0.25) is 0 Å². The second-order valence-electron chi connectivity index (χ2n) is 6.51. The van der Waals surface area contributed by atoms with Gasteiger partial charge in [0.15, 0.2) is 0 Å². The summed E-state index contributed by atoms with van der Waals surface area (Å²) >= 11 is -6.83. The predicted octanol–water partition coefficient (Wildman–Crippen LogP) is 5.61. The second kappa shape index (κ2) is 10.0. The number of hydrogen-bond acceptors (Lipinski definition) is 0. The van der Waals surface area contributed by atoms with Gasteiger partial charge in [0.2, 0.25) is 0 Å². The topological polar surface area (TPSA) is 0 Å². The average molecular weight is 442 g/mol. The van der Waals surface area contributed by atoms with Crippen molar-refractivity contribution in [2.24, 2.45) is 0 Å². The first kappa shape index (κ1) is 22.3. The van der Waals surface area contributed by atoms with Gasteiger partial charge in [0, 0.05) is 0 Å². The van der Waals surface area contributed by atoms with Crippen LogP contribution in [0.15, 0.2) is 121 Å². The molecule has 4 aromatic carbocycles. The molecule has 0 spiro atoms. The van der Waals surface area contributed by atoms with E-state index in [1.807, 2.05) is 0 Å². The third-order valence-corrected chi connectivity index (χ3v) is 8.86. The van der Waals surface area contributed by atoms with Crippen LogP contribution in [0.1, 0.15) is 0 Å². The highest BCUT2D eigenvalue weighted by Crippen LogP contribution is 2.53. The molecule has 0 amide bonds. The van der Waals surface area contributed by atoms with Gasteiger partial charge in [0.1, 0.15) is 28.5 Å². The van der Waals surface area contributed by atoms with Gasteiger partial charge in [-0.1, -0.05) is 72.8 Å². The van der Waals surface area contributed by atoms with Crippen molar-refractivity contribution in [3.8, 4) is 0 Å². The van der Waals surface area contributed by atoms with Crippen molar-refractivity contribution >= 4 is 43.4 Å². The zero-order chi connectivity index (χ0) is 21.5. The van der Waals surface area contributed by atoms with Crippen LogP contribution in [0.3, 0.4) is 0 Å². The minimum Gasteiger partial charge on any atom is -0.510 e. The summed E-state index contributed by atoms with van der Waals surface area (Å²) in [6, 6.07) is 43.8. The molecule has 152 valence electrons. The summed E-state index contributed by atoms with van der Waals surface area (Å²) in [5.41, 5.74) is 0. The van der Waals surface area contributed by atoms with Gasteiger partial charge in [-0.15, -0.1) is 0 Å². The summed E-state index contributed by atoms with van der Waals surface area (Å²) in [5, 5.41) is 5.55. The zero-order valence-electron chi connectivity index (χ0n) is 16.1. The van der Waals surface area contributed by atoms with Gasteiger partial charge in [-0.2, -0.15) is 0 Å². The molecule has 4 aromatic rings. The van der Waals surface area contributed by atoms with Crippen molar-refractivity contribution in [3.05, 3.63) is 121 Å². The van der Waals surface area contributed by atoms with E-state index < -0.39 is 22.2 Å². The highest BCUT2D eigenvalue weighted by molar-refractivity contribution is 8.01. The lowest BCUT2D eigenvalue weighted by Gasteiger charge is -2.27. The quantitative estimate of drug-likeness (QED) is 0.219. The third-order valence-electron chi connectivity index (χ3n) is 4.57. The first-order valence-electron chi connectivity index (χ1n) is 9.41. The Bertz CT molecular complexity index is 855. The van der Waals surface area contributed by atoms with Gasteiger partial charge in [0.05, 0.1) is 0 Å². The molecule has 0 atom stereocenters. The number of hydrogen-bond donors (Lipinski definition) is 0. The van der Waals surface area contributed by atoms with E-state index in [0.717, 1.165) is 0 Å². The molecule has 0 bridgehead atoms. The van der Waals surface area contributed by atoms with E-state index in [1.165, 1.54) is 21.2 Å². The van der Waals surface area contributed by atoms with E-state index >= 15 is 0 Å². The monoisotopic (exact) mass is 442 g/mol. The molecule has 0 aromatic heterocycles. The lowest BCUT2D eigenvalue weighted by molar-refractivity contribution is 0.368. The minimum atomic E-state index is -6.83. The van der Waals surface area contributed by atoms with Crippen LogP contribution < -0.4 is 21.2 Å². The van der Waals surface area contributed by atoms with Gasteiger partial charge in [-0.25, -0.2) is 0 Å². The van der Waals surface area contributed by atoms with Crippen LogP contribution in [0.5, 0.6) is 0 Å². The first-order chi connectivity index (χ1) is 14.4. The molecule has 0 fully saturated rings. The molecule has 0 N–H and O–H groups in total. The lowest BCUT2D eigenvalue weighted by atomic mass is 10.3. The van der Waals surface area contributed by atoms with E-state index in [9.17, 15) is 14.1 Å². The first-order valence-corrected chi connectivity index (χ1v) is 12.9. The van der Waals surface area contributed by atoms with Gasteiger partial charge in [0.25, 0.3) is 0 Å². The molecule has 4 rings (SSSR count). The molecule has 0 heterocycles. The van der Waals surface area contributed by atoms with Crippen molar-refractivity contribution < 1.29 is 14.1 Å². The summed E-state index contributed by atoms with van der Waals surface area (Å²) in [6.07, 6.45) is 0. The Kier molecular flexibility index (Phi) is 7.45. The predicted molar refractivity (Wildman–Crippen MR) is 121 cm³/mol. The molecule has 0 radical (unpaired) electrons. The maximum Gasteiger partial charge on any atom is 1.04 e. The highest BCUT2D eigenvalue weighted by atomic mass is 31.2. The normalized spacial score (nSPS) is 11.3. The van der Waals surface area contributed by atoms with Crippen LogP contribution in [0.25, 0.3) is 0 Å². The Morgan fingerprint density at radius 2 is 0.533 bits per heavy atom. The smallest absolute Gasteiger partial charge is 0.510 e. The van der Waals surface area contributed by atoms with E-state index in [2.05, 4.69) is 121 Å². The Morgan fingerprint density at radius 3 is 0.700 bits per heavy atom. The average Bonchev–Trinajstić information content (AvgIpc) is 2.76. The van der Waals surface area contributed by atoms with Crippen LogP contribution >= 0.6 is 7.26 Å². The van der Waals surface area contributed by atoms with E-state index in [1.54, 1.807) is 0 Å². The molecule has 0 aliphatic heterocycles. The van der Waals surface area contributed by atoms with Gasteiger partial charge in [-0.05, 0) is 48.5 Å². The Hall–Kier alpha value is -2.44. The zero-order valence-corrected chi connectivity index (χ0v) is 18.1. The van der Waals surface area contributed by atoms with Crippen LogP contribution in [-0.4, -0.2) is 14.9 Å². The van der Waals surface area contributed by atoms with Gasteiger partial charge >= 0.3 is 14.9 Å². The fraction of sp³-hybridized carbons (Fsp3) is 0. The van der Waals surface area contributed by atoms with Crippen LogP contribution in [0.2, 0.25) is 0 Å². The molecule has 0 saturated heterocycles. The fourth-order valence-corrected chi connectivity index (χ4v) is 7.77. The Morgan fingerprint density at radius 1 is 0.367 bits per heavy atom. The molecular weight excluding hydrogens is 422 g/mol. The molecule has 0 aliphatic carbocycles. The molecule has 6 heteroatoms. The lowest BCUT2D eigenvalue weighted by Crippen LogP contribution is -2.38. The summed E-state index contributed by atoms with van der Waals surface area (Å²) < 4.78 is 39.4. The van der Waals surface area contributed by atoms with E-state index in [4.69, 9.17) is 0 Å². The maximum absolute atomic E-state index is 9.85. The molecule has 30 heavy (non-hydrogen) atoms. The molecule has 0 saturated carbocycles. The van der Waals surface area contributed by atoms with Crippen molar-refractivity contribution in [2.75, 3.05) is 0 Å². The fourth-order valence-electron chi connectivity index (χ4n) is 3.50. The molecule has 0 nitrogen and oxygen atoms in total.